The minimum absolute atomic E-state index is 0.237. The highest BCUT2D eigenvalue weighted by molar-refractivity contribution is 7.99. The van der Waals surface area contributed by atoms with E-state index in [-0.39, 0.29) is 10.8 Å². The second-order valence-electron chi connectivity index (χ2n) is 10.4. The Morgan fingerprint density at radius 2 is 1.41 bits per heavy atom. The van der Waals surface area contributed by atoms with Crippen LogP contribution >= 0.6 is 11.8 Å². The molecular weight excluding hydrogens is 406 g/mol. The highest BCUT2D eigenvalue weighted by Gasteiger charge is 2.32. The molecule has 0 spiro atoms. The lowest BCUT2D eigenvalue weighted by molar-refractivity contribution is 0.162. The quantitative estimate of drug-likeness (QED) is 0.273. The van der Waals surface area contributed by atoms with Crippen molar-refractivity contribution in [2.24, 2.45) is 15.8 Å². The molecule has 0 atom stereocenters. The van der Waals surface area contributed by atoms with Crippen molar-refractivity contribution in [2.75, 3.05) is 5.75 Å². The molecule has 0 aliphatic carbocycles. The fraction of sp³-hybridized carbons (Fsp3) is 0.367. The molecule has 0 N–H and O–H groups in total. The highest BCUT2D eigenvalue weighted by Crippen LogP contribution is 2.42. The van der Waals surface area contributed by atoms with Gasteiger partial charge in [-0.25, -0.2) is 0 Å². The summed E-state index contributed by atoms with van der Waals surface area (Å²) in [5.41, 5.74) is 8.79. The number of hydrogen-bond donors (Lipinski definition) is 0. The van der Waals surface area contributed by atoms with Crippen LogP contribution in [0.2, 0.25) is 0 Å². The van der Waals surface area contributed by atoms with Gasteiger partial charge in [-0.15, -0.1) is 11.8 Å². The number of rotatable bonds is 6. The molecule has 0 aliphatic rings. The van der Waals surface area contributed by atoms with E-state index in [2.05, 4.69) is 122 Å². The maximum atomic E-state index is 5.00. The molecule has 0 amide bonds. The van der Waals surface area contributed by atoms with Gasteiger partial charge in [0.1, 0.15) is 0 Å². The zero-order valence-electron chi connectivity index (χ0n) is 20.9. The van der Waals surface area contributed by atoms with Crippen LogP contribution in [0, 0.1) is 24.7 Å². The summed E-state index contributed by atoms with van der Waals surface area (Å²) in [5.74, 6) is 1.08. The van der Waals surface area contributed by atoms with Crippen molar-refractivity contribution < 1.29 is 0 Å². The Morgan fingerprint density at radius 1 is 0.781 bits per heavy atom. The molecule has 3 aromatic rings. The number of aryl methyl sites for hydroxylation is 2. The third kappa shape index (κ3) is 5.53. The Bertz CT molecular complexity index is 1120. The van der Waals surface area contributed by atoms with E-state index < -0.39 is 0 Å². The lowest BCUT2D eigenvalue weighted by atomic mass is 9.71. The largest absolute Gasteiger partial charge is 0.253 e. The standard InChI is InChI=1S/C30H37NS/c1-21-13-9-11-15-25(21)27-19-24(32-20-30(7,8)29(4,5)6)17-18-26(27)23(3)31-28-16-12-10-14-22(28)2/h9-19H,20H2,1-8H3. The van der Waals surface area contributed by atoms with Crippen LogP contribution in [0.1, 0.15) is 58.2 Å². The number of benzene rings is 3. The smallest absolute Gasteiger partial charge is 0.0662 e. The van der Waals surface area contributed by atoms with Crippen molar-refractivity contribution in [3.05, 3.63) is 83.4 Å². The second kappa shape index (κ2) is 9.67. The van der Waals surface area contributed by atoms with Crippen molar-refractivity contribution in [1.82, 2.24) is 0 Å². The monoisotopic (exact) mass is 443 g/mol. The van der Waals surface area contributed by atoms with E-state index in [1.807, 2.05) is 11.8 Å². The topological polar surface area (TPSA) is 12.4 Å². The van der Waals surface area contributed by atoms with E-state index >= 15 is 0 Å². The summed E-state index contributed by atoms with van der Waals surface area (Å²) >= 11 is 1.96. The third-order valence-corrected chi connectivity index (χ3v) is 8.30. The molecule has 32 heavy (non-hydrogen) atoms. The average Bonchev–Trinajstić information content (AvgIpc) is 2.73. The number of thioether (sulfide) groups is 1. The van der Waals surface area contributed by atoms with Gasteiger partial charge < -0.3 is 0 Å². The number of para-hydroxylation sites is 1. The number of nitrogens with zero attached hydrogens (tertiary/aromatic N) is 1. The minimum Gasteiger partial charge on any atom is -0.253 e. The van der Waals surface area contributed by atoms with Gasteiger partial charge in [-0.3, -0.25) is 4.99 Å². The molecule has 0 bridgehead atoms. The van der Waals surface area contributed by atoms with E-state index in [0.29, 0.717) is 0 Å². The predicted octanol–water partition coefficient (Wildman–Crippen LogP) is 9.28. The van der Waals surface area contributed by atoms with Crippen LogP contribution in [-0.2, 0) is 0 Å². The normalized spacial score (nSPS) is 12.8. The molecule has 3 rings (SSSR count). The SMILES string of the molecule is CC(=Nc1ccccc1C)c1ccc(SCC(C)(C)C(C)(C)C)cc1-c1ccccc1C. The molecule has 0 fully saturated rings. The second-order valence-corrected chi connectivity index (χ2v) is 11.5. The Hall–Kier alpha value is -2.32. The van der Waals surface area contributed by atoms with Gasteiger partial charge in [0.25, 0.3) is 0 Å². The van der Waals surface area contributed by atoms with Gasteiger partial charge in [-0.05, 0) is 72.1 Å². The maximum absolute atomic E-state index is 5.00. The lowest BCUT2D eigenvalue weighted by Gasteiger charge is -2.38. The van der Waals surface area contributed by atoms with Crippen molar-refractivity contribution in [1.29, 1.82) is 0 Å². The van der Waals surface area contributed by atoms with Gasteiger partial charge in [0.15, 0.2) is 0 Å². The maximum Gasteiger partial charge on any atom is 0.0662 e. The van der Waals surface area contributed by atoms with Crippen LogP contribution in [0.15, 0.2) is 76.6 Å². The summed E-state index contributed by atoms with van der Waals surface area (Å²) in [4.78, 5) is 6.31. The first-order valence-electron chi connectivity index (χ1n) is 11.4. The van der Waals surface area contributed by atoms with Crippen molar-refractivity contribution in [3.63, 3.8) is 0 Å². The first-order valence-corrected chi connectivity index (χ1v) is 12.4. The average molecular weight is 444 g/mol. The fourth-order valence-electron chi connectivity index (χ4n) is 3.44. The van der Waals surface area contributed by atoms with Crippen molar-refractivity contribution in [2.45, 2.75) is 60.3 Å². The molecular formula is C30H37NS. The summed E-state index contributed by atoms with van der Waals surface area (Å²) in [5, 5.41) is 0. The molecule has 0 aromatic heterocycles. The Morgan fingerprint density at radius 3 is 2.03 bits per heavy atom. The van der Waals surface area contributed by atoms with Crippen LogP contribution in [0.4, 0.5) is 5.69 Å². The lowest BCUT2D eigenvalue weighted by Crippen LogP contribution is -2.31. The van der Waals surface area contributed by atoms with E-state index in [9.17, 15) is 0 Å². The molecule has 0 saturated carbocycles. The molecule has 0 unspecified atom stereocenters. The Kier molecular flexibility index (Phi) is 7.35. The van der Waals surface area contributed by atoms with Crippen molar-refractivity contribution in [3.8, 4) is 11.1 Å². The zero-order chi connectivity index (χ0) is 23.5. The fourth-order valence-corrected chi connectivity index (χ4v) is 4.76. The molecule has 1 nitrogen and oxygen atoms in total. The van der Waals surface area contributed by atoms with Gasteiger partial charge in [0.05, 0.1) is 5.69 Å². The molecule has 0 saturated heterocycles. The van der Waals surface area contributed by atoms with Crippen LogP contribution in [0.3, 0.4) is 0 Å². The summed E-state index contributed by atoms with van der Waals surface area (Å²) in [6.07, 6.45) is 0. The first-order chi connectivity index (χ1) is 15.0. The highest BCUT2D eigenvalue weighted by atomic mass is 32.2. The summed E-state index contributed by atoms with van der Waals surface area (Å²) < 4.78 is 0. The van der Waals surface area contributed by atoms with Gasteiger partial charge >= 0.3 is 0 Å². The van der Waals surface area contributed by atoms with Gasteiger partial charge in [0.2, 0.25) is 0 Å². The number of hydrogen-bond acceptors (Lipinski definition) is 2. The molecule has 0 radical (unpaired) electrons. The first kappa shape index (κ1) is 24.3. The molecule has 0 heterocycles. The summed E-state index contributed by atoms with van der Waals surface area (Å²) in [6.45, 7) is 18.2. The Balaban J connectivity index is 2.05. The van der Waals surface area contributed by atoms with Crippen LogP contribution in [0.25, 0.3) is 11.1 Å². The Labute approximate surface area is 199 Å². The van der Waals surface area contributed by atoms with E-state index in [1.165, 1.54) is 32.7 Å². The van der Waals surface area contributed by atoms with Crippen LogP contribution in [-0.4, -0.2) is 11.5 Å². The van der Waals surface area contributed by atoms with Crippen molar-refractivity contribution >= 4 is 23.2 Å². The molecule has 0 aliphatic heterocycles. The predicted molar refractivity (Wildman–Crippen MR) is 144 cm³/mol. The number of aliphatic imine (C=N–C) groups is 1. The van der Waals surface area contributed by atoms with Gasteiger partial charge in [-0.2, -0.15) is 0 Å². The molecule has 168 valence electrons. The summed E-state index contributed by atoms with van der Waals surface area (Å²) in [6, 6.07) is 23.8. The van der Waals surface area contributed by atoms with Crippen LogP contribution < -0.4 is 0 Å². The molecule has 2 heteroatoms. The third-order valence-electron chi connectivity index (χ3n) is 6.85. The van der Waals surface area contributed by atoms with Gasteiger partial charge in [-0.1, -0.05) is 83.1 Å². The summed E-state index contributed by atoms with van der Waals surface area (Å²) in [7, 11) is 0. The van der Waals surface area contributed by atoms with Crippen LogP contribution in [0.5, 0.6) is 0 Å². The zero-order valence-corrected chi connectivity index (χ0v) is 21.7. The molecule has 3 aromatic carbocycles. The van der Waals surface area contributed by atoms with E-state index in [4.69, 9.17) is 4.99 Å². The minimum atomic E-state index is 0.237. The van der Waals surface area contributed by atoms with E-state index in [0.717, 1.165) is 17.2 Å². The van der Waals surface area contributed by atoms with E-state index in [1.54, 1.807) is 0 Å². The van der Waals surface area contributed by atoms with Gasteiger partial charge in [0, 0.05) is 21.9 Å².